The van der Waals surface area contributed by atoms with Gasteiger partial charge in [-0.05, 0) is 84.1 Å². The average molecular weight is 817 g/mol. The second-order valence-electron chi connectivity index (χ2n) is 13.5. The molecule has 0 bridgehead atoms. The molecule has 3 aliphatic heterocycles. The van der Waals surface area contributed by atoms with Gasteiger partial charge in [-0.2, -0.15) is 21.6 Å². The molecule has 4 aromatic carbocycles. The van der Waals surface area contributed by atoms with Crippen molar-refractivity contribution in [1.29, 1.82) is 0 Å². The zero-order valence-corrected chi connectivity index (χ0v) is 31.4. The number of ether oxygens (including phenoxy) is 2. The molecule has 0 aromatic heterocycles. The van der Waals surface area contributed by atoms with Gasteiger partial charge in [0.25, 0.3) is 5.91 Å². The van der Waals surface area contributed by atoms with Gasteiger partial charge >= 0.3 is 15.6 Å². The number of halogens is 3. The molecule has 7 rings (SSSR count). The summed E-state index contributed by atoms with van der Waals surface area (Å²) < 4.78 is 103. The minimum absolute atomic E-state index is 0.106. The first-order valence-corrected chi connectivity index (χ1v) is 20.7. The van der Waals surface area contributed by atoms with Gasteiger partial charge in [0.05, 0.1) is 0 Å². The van der Waals surface area contributed by atoms with Crippen LogP contribution in [0.15, 0.2) is 77.7 Å². The largest absolute Gasteiger partial charge is 0.534 e. The zero-order valence-electron chi connectivity index (χ0n) is 29.7. The first-order chi connectivity index (χ1) is 26.5. The van der Waals surface area contributed by atoms with E-state index in [1.54, 1.807) is 30.3 Å². The Hall–Kier alpha value is -5.40. The van der Waals surface area contributed by atoms with Crippen LogP contribution in [0.25, 0.3) is 10.8 Å². The van der Waals surface area contributed by atoms with Crippen molar-refractivity contribution in [3.8, 4) is 23.0 Å². The van der Waals surface area contributed by atoms with Gasteiger partial charge in [0.15, 0.2) is 15.6 Å². The van der Waals surface area contributed by atoms with E-state index in [2.05, 4.69) is 19.3 Å². The van der Waals surface area contributed by atoms with Crippen LogP contribution >= 0.6 is 0 Å². The molecular formula is C37H35F3N4O10S2. The van der Waals surface area contributed by atoms with Gasteiger partial charge in [0.1, 0.15) is 34.8 Å². The van der Waals surface area contributed by atoms with Crippen LogP contribution < -0.4 is 23.9 Å². The topological polar surface area (TPSA) is 169 Å². The highest BCUT2D eigenvalue weighted by atomic mass is 32.2. The molecule has 1 N–H and O–H groups in total. The number of amides is 3. The molecular weight excluding hydrogens is 782 g/mol. The summed E-state index contributed by atoms with van der Waals surface area (Å²) in [4.78, 5) is 42.9. The maximum absolute atomic E-state index is 13.1. The molecule has 0 saturated carbocycles. The Labute approximate surface area is 319 Å². The smallest absolute Gasteiger partial charge is 0.492 e. The summed E-state index contributed by atoms with van der Waals surface area (Å²) >= 11 is 0. The van der Waals surface area contributed by atoms with E-state index in [1.165, 1.54) is 23.1 Å². The number of piperazine rings is 1. The van der Waals surface area contributed by atoms with E-state index in [-0.39, 0.29) is 45.4 Å². The monoisotopic (exact) mass is 816 g/mol. The lowest BCUT2D eigenvalue weighted by molar-refractivity contribution is -0.136. The number of fused-ring (bicyclic) bond motifs is 2. The number of imide groups is 1. The number of carbonyl (C=O) groups excluding carboxylic acids is 3. The molecule has 296 valence electrons. The molecule has 0 radical (unpaired) electrons. The van der Waals surface area contributed by atoms with Crippen molar-refractivity contribution in [1.82, 2.24) is 15.1 Å². The van der Waals surface area contributed by atoms with Crippen LogP contribution in [0.2, 0.25) is 0 Å². The molecule has 0 spiro atoms. The molecule has 0 aliphatic carbocycles. The molecule has 14 nitrogen and oxygen atoms in total. The normalized spacial score (nSPS) is 18.2. The number of rotatable bonds is 11. The third kappa shape index (κ3) is 8.10. The Morgan fingerprint density at radius 1 is 0.839 bits per heavy atom. The standard InChI is InChI=1S/C37H35F3N4O10S2/c1-55(48,49)32-12-2-23-21-28(54-56(50,51)37(38,39)40)8-10-29(23)34(32)53-27-6-4-26(5-7-27)52-19-18-42-14-16-43(17-15-42)25-3-9-30-24(20-25)22-44(36(30)47)31-11-13-33(45)41-35(31)46/h2-10,12,20-21,31H,11,13-19,22H2,1H3,(H,41,45,46). The van der Waals surface area contributed by atoms with Crippen molar-refractivity contribution in [3.05, 3.63) is 83.9 Å². The van der Waals surface area contributed by atoms with Gasteiger partial charge in [0, 0.05) is 68.6 Å². The summed E-state index contributed by atoms with van der Waals surface area (Å²) in [6.45, 7) is 4.39. The SMILES string of the molecule is CS(=O)(=O)c1ccc2cc(OS(=O)(=O)C(F)(F)F)ccc2c1Oc1ccc(OCCN2CCN(c3ccc4c(c3)CN(C3CCC(=O)NC3=O)C4=O)CC2)cc1. The Kier molecular flexibility index (Phi) is 10.4. The van der Waals surface area contributed by atoms with E-state index >= 15 is 0 Å². The van der Waals surface area contributed by atoms with Crippen molar-refractivity contribution in [3.63, 3.8) is 0 Å². The first kappa shape index (κ1) is 38.9. The molecule has 1 unspecified atom stereocenters. The number of benzene rings is 4. The van der Waals surface area contributed by atoms with Crippen LogP contribution in [0.5, 0.6) is 23.0 Å². The van der Waals surface area contributed by atoms with E-state index in [0.29, 0.717) is 37.4 Å². The van der Waals surface area contributed by atoms with Crippen molar-refractivity contribution in [2.45, 2.75) is 35.8 Å². The zero-order chi connectivity index (χ0) is 40.0. The third-order valence-electron chi connectivity index (χ3n) is 9.76. The Bertz CT molecular complexity index is 2440. The molecule has 3 heterocycles. The number of anilines is 1. The molecule has 19 heteroatoms. The summed E-state index contributed by atoms with van der Waals surface area (Å²) in [7, 11) is -9.75. The van der Waals surface area contributed by atoms with Gasteiger partial charge in [0.2, 0.25) is 11.8 Å². The molecule has 2 saturated heterocycles. The van der Waals surface area contributed by atoms with Gasteiger partial charge in [-0.1, -0.05) is 6.07 Å². The predicted octanol–water partition coefficient (Wildman–Crippen LogP) is 4.23. The molecule has 3 amide bonds. The van der Waals surface area contributed by atoms with Crippen molar-refractivity contribution >= 4 is 54.1 Å². The highest BCUT2D eigenvalue weighted by Gasteiger charge is 2.48. The maximum Gasteiger partial charge on any atom is 0.534 e. The Morgan fingerprint density at radius 3 is 2.21 bits per heavy atom. The number of sulfone groups is 1. The summed E-state index contributed by atoms with van der Waals surface area (Å²) in [5.41, 5.74) is -3.23. The fraction of sp³-hybridized carbons (Fsp3) is 0.324. The summed E-state index contributed by atoms with van der Waals surface area (Å²) in [6, 6.07) is 17.2. The highest BCUT2D eigenvalue weighted by molar-refractivity contribution is 7.90. The van der Waals surface area contributed by atoms with Crippen LogP contribution in [0.3, 0.4) is 0 Å². The van der Waals surface area contributed by atoms with Crippen LogP contribution in [0.4, 0.5) is 18.9 Å². The van der Waals surface area contributed by atoms with E-state index in [9.17, 15) is 44.4 Å². The third-order valence-corrected chi connectivity index (χ3v) is 11.9. The minimum atomic E-state index is -5.92. The Morgan fingerprint density at radius 2 is 1.54 bits per heavy atom. The van der Waals surface area contributed by atoms with Gasteiger partial charge in [-0.3, -0.25) is 24.6 Å². The molecule has 1 atom stereocenters. The molecule has 2 fully saturated rings. The van der Waals surface area contributed by atoms with E-state index in [0.717, 1.165) is 55.8 Å². The van der Waals surface area contributed by atoms with Gasteiger partial charge in [-0.15, -0.1) is 0 Å². The fourth-order valence-electron chi connectivity index (χ4n) is 6.88. The fourth-order valence-corrected chi connectivity index (χ4v) is 8.14. The van der Waals surface area contributed by atoms with Crippen molar-refractivity contribution in [2.24, 2.45) is 0 Å². The lowest BCUT2D eigenvalue weighted by Gasteiger charge is -2.36. The van der Waals surface area contributed by atoms with Gasteiger partial charge < -0.3 is 23.5 Å². The highest BCUT2D eigenvalue weighted by Crippen LogP contribution is 2.39. The van der Waals surface area contributed by atoms with Crippen molar-refractivity contribution in [2.75, 3.05) is 50.5 Å². The molecule has 4 aromatic rings. The number of piperidine rings is 1. The van der Waals surface area contributed by atoms with E-state index in [4.69, 9.17) is 9.47 Å². The summed E-state index contributed by atoms with van der Waals surface area (Å²) in [5.74, 6) is -0.926. The van der Waals surface area contributed by atoms with Crippen LogP contribution in [-0.2, 0) is 36.1 Å². The number of carbonyl (C=O) groups is 3. The van der Waals surface area contributed by atoms with E-state index in [1.807, 2.05) is 12.1 Å². The second-order valence-corrected chi connectivity index (χ2v) is 17.0. The van der Waals surface area contributed by atoms with Crippen molar-refractivity contribution < 1.29 is 58.0 Å². The number of nitrogens with zero attached hydrogens (tertiary/aromatic N) is 3. The number of hydrogen-bond donors (Lipinski definition) is 1. The van der Waals surface area contributed by atoms with Crippen LogP contribution in [0.1, 0.15) is 28.8 Å². The van der Waals surface area contributed by atoms with Gasteiger partial charge in [-0.25, -0.2) is 8.42 Å². The minimum Gasteiger partial charge on any atom is -0.492 e. The van der Waals surface area contributed by atoms with Crippen LogP contribution in [0, 0.1) is 0 Å². The second kappa shape index (κ2) is 14.9. The molecule has 3 aliphatic rings. The number of nitrogens with one attached hydrogen (secondary N) is 1. The van der Waals surface area contributed by atoms with E-state index < -0.39 is 43.2 Å². The average Bonchev–Trinajstić information content (AvgIpc) is 3.46. The lowest BCUT2D eigenvalue weighted by atomic mass is 10.0. The first-order valence-electron chi connectivity index (χ1n) is 17.4. The predicted molar refractivity (Wildman–Crippen MR) is 196 cm³/mol. The Balaban J connectivity index is 0.927. The quantitative estimate of drug-likeness (QED) is 0.130. The number of alkyl halides is 3. The number of hydrogen-bond acceptors (Lipinski definition) is 12. The summed E-state index contributed by atoms with van der Waals surface area (Å²) in [5, 5.41) is 2.68. The molecule has 56 heavy (non-hydrogen) atoms. The van der Waals surface area contributed by atoms with Crippen LogP contribution in [-0.4, -0.2) is 101 Å². The lowest BCUT2D eigenvalue weighted by Crippen LogP contribution is -2.52. The maximum atomic E-state index is 13.1. The summed E-state index contributed by atoms with van der Waals surface area (Å²) in [6.07, 6.45) is 1.48.